The van der Waals surface area contributed by atoms with Crippen LogP contribution in [0.25, 0.3) is 0 Å². The Morgan fingerprint density at radius 3 is 2.26 bits per heavy atom. The summed E-state index contributed by atoms with van der Waals surface area (Å²) >= 11 is 5.87. The van der Waals surface area contributed by atoms with Crippen LogP contribution in [0.15, 0.2) is 54.6 Å². The van der Waals surface area contributed by atoms with E-state index < -0.39 is 0 Å². The summed E-state index contributed by atoms with van der Waals surface area (Å²) in [6.07, 6.45) is 5.36. The molecule has 1 amide bonds. The van der Waals surface area contributed by atoms with Gasteiger partial charge in [-0.1, -0.05) is 41.9 Å². The Labute approximate surface area is 142 Å². The molecule has 0 aromatic heterocycles. The summed E-state index contributed by atoms with van der Waals surface area (Å²) in [6, 6.07) is 17.9. The molecule has 2 aromatic carbocycles. The number of nitrogens with one attached hydrogen (secondary N) is 1. The summed E-state index contributed by atoms with van der Waals surface area (Å²) in [5, 5.41) is 3.69. The van der Waals surface area contributed by atoms with Crippen LogP contribution in [0.5, 0.6) is 0 Å². The molecule has 0 atom stereocenters. The second-order valence-electron chi connectivity index (χ2n) is 6.40. The predicted molar refractivity (Wildman–Crippen MR) is 95.7 cm³/mol. The Balaban J connectivity index is 1.48. The third-order valence-electron chi connectivity index (χ3n) is 4.70. The van der Waals surface area contributed by atoms with Gasteiger partial charge in [0.1, 0.15) is 0 Å². The lowest BCUT2D eigenvalue weighted by molar-refractivity contribution is -0.121. The topological polar surface area (TPSA) is 29.1 Å². The number of amides is 1. The summed E-state index contributed by atoms with van der Waals surface area (Å²) in [7, 11) is 0. The van der Waals surface area contributed by atoms with E-state index in [2.05, 4.69) is 35.6 Å². The van der Waals surface area contributed by atoms with E-state index in [4.69, 9.17) is 11.6 Å². The first-order chi connectivity index (χ1) is 11.2. The molecule has 120 valence electrons. The number of benzene rings is 2. The molecule has 3 heteroatoms. The maximum Gasteiger partial charge on any atom is 0.227 e. The highest BCUT2D eigenvalue weighted by Gasteiger charge is 2.26. The minimum atomic E-state index is 0.137. The molecule has 0 unspecified atom stereocenters. The van der Waals surface area contributed by atoms with Crippen LogP contribution in [0.3, 0.4) is 0 Å². The number of halogens is 1. The Morgan fingerprint density at radius 1 is 0.957 bits per heavy atom. The molecule has 2 nitrogen and oxygen atoms in total. The first kappa shape index (κ1) is 16.1. The van der Waals surface area contributed by atoms with Crippen molar-refractivity contribution in [2.75, 3.05) is 5.32 Å². The number of hydrogen-bond acceptors (Lipinski definition) is 1. The van der Waals surface area contributed by atoms with Crippen LogP contribution < -0.4 is 5.32 Å². The Kier molecular flexibility index (Phi) is 5.35. The first-order valence-corrected chi connectivity index (χ1v) is 8.69. The second-order valence-corrected chi connectivity index (χ2v) is 6.84. The van der Waals surface area contributed by atoms with Gasteiger partial charge in [0.25, 0.3) is 0 Å². The standard InChI is InChI=1S/C20H22ClNO/c21-18-10-12-19(13-11-18)22-20(23)17-8-6-16(7-9-17)14-15-4-2-1-3-5-15/h1-5,10-13,16-17H,6-9,14H2,(H,22,23)/t16-,17-. The molecule has 1 N–H and O–H groups in total. The van der Waals surface area contributed by atoms with Gasteiger partial charge < -0.3 is 5.32 Å². The van der Waals surface area contributed by atoms with Gasteiger partial charge in [-0.3, -0.25) is 4.79 Å². The van der Waals surface area contributed by atoms with E-state index in [-0.39, 0.29) is 11.8 Å². The van der Waals surface area contributed by atoms with Crippen molar-refractivity contribution in [2.45, 2.75) is 32.1 Å². The monoisotopic (exact) mass is 327 g/mol. The SMILES string of the molecule is O=C(Nc1ccc(Cl)cc1)[C@H]1CC[C@H](Cc2ccccc2)CC1. The number of carbonyl (C=O) groups is 1. The summed E-state index contributed by atoms with van der Waals surface area (Å²) in [5.74, 6) is 0.986. The smallest absolute Gasteiger partial charge is 0.227 e. The molecule has 0 spiro atoms. The molecule has 23 heavy (non-hydrogen) atoms. The Morgan fingerprint density at radius 2 is 1.61 bits per heavy atom. The predicted octanol–water partition coefficient (Wildman–Crippen LogP) is 5.33. The third kappa shape index (κ3) is 4.59. The zero-order valence-electron chi connectivity index (χ0n) is 13.2. The summed E-state index contributed by atoms with van der Waals surface area (Å²) in [4.78, 5) is 12.4. The van der Waals surface area contributed by atoms with Crippen molar-refractivity contribution in [1.82, 2.24) is 0 Å². The van der Waals surface area contributed by atoms with Gasteiger partial charge in [-0.2, -0.15) is 0 Å². The Hall–Kier alpha value is -1.80. The van der Waals surface area contributed by atoms with Crippen molar-refractivity contribution in [2.24, 2.45) is 11.8 Å². The number of hydrogen-bond donors (Lipinski definition) is 1. The Bertz CT molecular complexity index is 630. The average Bonchev–Trinajstić information content (AvgIpc) is 2.58. The van der Waals surface area contributed by atoms with Crippen LogP contribution in [-0.4, -0.2) is 5.91 Å². The van der Waals surface area contributed by atoms with Crippen molar-refractivity contribution in [3.8, 4) is 0 Å². The lowest BCUT2D eigenvalue weighted by atomic mass is 9.79. The molecular weight excluding hydrogens is 306 g/mol. The van der Waals surface area contributed by atoms with Crippen LogP contribution >= 0.6 is 11.6 Å². The molecule has 1 saturated carbocycles. The maximum absolute atomic E-state index is 12.4. The van der Waals surface area contributed by atoms with Crippen LogP contribution in [0.1, 0.15) is 31.2 Å². The van der Waals surface area contributed by atoms with E-state index >= 15 is 0 Å². The molecular formula is C20H22ClNO. The van der Waals surface area contributed by atoms with Crippen molar-refractivity contribution < 1.29 is 4.79 Å². The third-order valence-corrected chi connectivity index (χ3v) is 4.95. The summed E-state index contributed by atoms with van der Waals surface area (Å²) < 4.78 is 0. The highest BCUT2D eigenvalue weighted by atomic mass is 35.5. The fourth-order valence-corrected chi connectivity index (χ4v) is 3.48. The van der Waals surface area contributed by atoms with E-state index in [0.29, 0.717) is 10.9 Å². The minimum absolute atomic E-state index is 0.137. The van der Waals surface area contributed by atoms with Gasteiger partial charge in [0.05, 0.1) is 0 Å². The van der Waals surface area contributed by atoms with E-state index in [1.165, 1.54) is 5.56 Å². The molecule has 1 aliphatic rings. The molecule has 0 aliphatic heterocycles. The van der Waals surface area contributed by atoms with Crippen molar-refractivity contribution in [3.05, 3.63) is 65.2 Å². The normalized spacial score (nSPS) is 20.9. The van der Waals surface area contributed by atoms with Gasteiger partial charge in [0, 0.05) is 16.6 Å². The quantitative estimate of drug-likeness (QED) is 0.808. The van der Waals surface area contributed by atoms with E-state index in [1.807, 2.05) is 12.1 Å². The summed E-state index contributed by atoms with van der Waals surface area (Å²) in [6.45, 7) is 0. The van der Waals surface area contributed by atoms with Gasteiger partial charge in [-0.15, -0.1) is 0 Å². The largest absolute Gasteiger partial charge is 0.326 e. The second kappa shape index (κ2) is 7.65. The molecule has 2 aromatic rings. The maximum atomic E-state index is 12.4. The zero-order chi connectivity index (χ0) is 16.1. The molecule has 0 bridgehead atoms. The van der Waals surface area contributed by atoms with Crippen molar-refractivity contribution >= 4 is 23.2 Å². The van der Waals surface area contributed by atoms with Crippen LogP contribution in [-0.2, 0) is 11.2 Å². The molecule has 3 rings (SSSR count). The lowest BCUT2D eigenvalue weighted by Crippen LogP contribution is -2.27. The highest BCUT2D eigenvalue weighted by Crippen LogP contribution is 2.31. The zero-order valence-corrected chi connectivity index (χ0v) is 13.9. The van der Waals surface area contributed by atoms with E-state index in [1.54, 1.807) is 12.1 Å². The van der Waals surface area contributed by atoms with E-state index in [9.17, 15) is 4.79 Å². The molecule has 0 radical (unpaired) electrons. The van der Waals surface area contributed by atoms with Gasteiger partial charge in [0.2, 0.25) is 5.91 Å². The molecule has 1 aliphatic carbocycles. The fourth-order valence-electron chi connectivity index (χ4n) is 3.35. The minimum Gasteiger partial charge on any atom is -0.326 e. The lowest BCUT2D eigenvalue weighted by Gasteiger charge is -2.27. The van der Waals surface area contributed by atoms with Crippen LogP contribution in [0, 0.1) is 11.8 Å². The highest BCUT2D eigenvalue weighted by molar-refractivity contribution is 6.30. The molecule has 0 saturated heterocycles. The van der Waals surface area contributed by atoms with Gasteiger partial charge in [-0.05, 0) is 67.9 Å². The van der Waals surface area contributed by atoms with Crippen LogP contribution in [0.2, 0.25) is 5.02 Å². The molecule has 0 heterocycles. The van der Waals surface area contributed by atoms with Gasteiger partial charge in [-0.25, -0.2) is 0 Å². The van der Waals surface area contributed by atoms with Gasteiger partial charge in [0.15, 0.2) is 0 Å². The van der Waals surface area contributed by atoms with Gasteiger partial charge >= 0.3 is 0 Å². The van der Waals surface area contributed by atoms with E-state index in [0.717, 1.165) is 37.8 Å². The van der Waals surface area contributed by atoms with Crippen molar-refractivity contribution in [3.63, 3.8) is 0 Å². The number of rotatable bonds is 4. The summed E-state index contributed by atoms with van der Waals surface area (Å²) in [5.41, 5.74) is 2.23. The number of carbonyl (C=O) groups excluding carboxylic acids is 1. The van der Waals surface area contributed by atoms with Crippen molar-refractivity contribution in [1.29, 1.82) is 0 Å². The average molecular weight is 328 g/mol. The molecule has 1 fully saturated rings. The number of anilines is 1. The fraction of sp³-hybridized carbons (Fsp3) is 0.350. The first-order valence-electron chi connectivity index (χ1n) is 8.31. The van der Waals surface area contributed by atoms with Crippen LogP contribution in [0.4, 0.5) is 5.69 Å².